The van der Waals surface area contributed by atoms with Crippen molar-refractivity contribution < 1.29 is 13.9 Å². The predicted octanol–water partition coefficient (Wildman–Crippen LogP) is 4.84. The lowest BCUT2D eigenvalue weighted by molar-refractivity contribution is 0.162. The van der Waals surface area contributed by atoms with E-state index in [-0.39, 0.29) is 6.10 Å². The minimum absolute atomic E-state index is 0.177. The highest BCUT2D eigenvalue weighted by Gasteiger charge is 2.19. The second-order valence-corrected chi connectivity index (χ2v) is 11.1. The second-order valence-electron chi connectivity index (χ2n) is 11.1. The quantitative estimate of drug-likeness (QED) is 0.216. The Labute approximate surface area is 252 Å². The van der Waals surface area contributed by atoms with Gasteiger partial charge >= 0.3 is 0 Å². The number of ether oxygens (including phenoxy) is 2. The highest BCUT2D eigenvalue weighted by atomic mass is 19.1. The topological polar surface area (TPSA) is 130 Å². The van der Waals surface area contributed by atoms with E-state index in [1.807, 2.05) is 37.2 Å². The van der Waals surface area contributed by atoms with Gasteiger partial charge in [0.15, 0.2) is 11.5 Å². The van der Waals surface area contributed by atoms with Gasteiger partial charge in [-0.1, -0.05) is 0 Å². The molecule has 1 fully saturated rings. The normalized spacial score (nSPS) is 14.1. The van der Waals surface area contributed by atoms with E-state index in [9.17, 15) is 4.39 Å². The highest BCUT2D eigenvalue weighted by molar-refractivity contribution is 5.96. The molecule has 12 heteroatoms. The van der Waals surface area contributed by atoms with E-state index in [2.05, 4.69) is 35.5 Å². The van der Waals surface area contributed by atoms with Gasteiger partial charge in [0.1, 0.15) is 41.2 Å². The zero-order valence-electron chi connectivity index (χ0n) is 24.5. The average Bonchev–Trinajstić information content (AvgIpc) is 3.65. The number of nitrogens with one attached hydrogen (secondary N) is 3. The third-order valence-corrected chi connectivity index (χ3v) is 7.63. The molecule has 7 rings (SSSR count). The molecule has 0 amide bonds. The number of rotatable bonds is 9. The molecule has 44 heavy (non-hydrogen) atoms. The number of piperidine rings is 1. The van der Waals surface area contributed by atoms with Crippen molar-refractivity contribution in [1.82, 2.24) is 45.3 Å². The van der Waals surface area contributed by atoms with Crippen LogP contribution < -0.4 is 14.8 Å². The van der Waals surface area contributed by atoms with E-state index in [1.54, 1.807) is 30.9 Å². The maximum atomic E-state index is 14.6. The molecular formula is C32H32FN9O2. The lowest BCUT2D eigenvalue weighted by Crippen LogP contribution is -2.34. The number of H-pyrrole nitrogens is 2. The van der Waals surface area contributed by atoms with Crippen LogP contribution in [-0.2, 0) is 0 Å². The summed E-state index contributed by atoms with van der Waals surface area (Å²) in [5.41, 5.74) is 5.46. The summed E-state index contributed by atoms with van der Waals surface area (Å²) >= 11 is 0. The molecule has 0 radical (unpaired) electrons. The monoisotopic (exact) mass is 593 g/mol. The molecule has 1 aliphatic heterocycles. The molecule has 0 aliphatic carbocycles. The minimum atomic E-state index is -0.409. The summed E-state index contributed by atoms with van der Waals surface area (Å²) in [5, 5.41) is 11.7. The smallest absolute Gasteiger partial charge is 0.159 e. The summed E-state index contributed by atoms with van der Waals surface area (Å²) in [6.07, 6.45) is 9.12. The van der Waals surface area contributed by atoms with Crippen LogP contribution in [0.25, 0.3) is 56.0 Å². The molecular weight excluding hydrogens is 561 g/mol. The van der Waals surface area contributed by atoms with E-state index in [0.717, 1.165) is 53.7 Å². The third kappa shape index (κ3) is 5.81. The molecule has 0 unspecified atom stereocenters. The van der Waals surface area contributed by atoms with Crippen molar-refractivity contribution in [2.45, 2.75) is 18.9 Å². The van der Waals surface area contributed by atoms with Gasteiger partial charge in [-0.05, 0) is 70.4 Å². The molecule has 11 nitrogen and oxygen atoms in total. The Morgan fingerprint density at radius 3 is 2.64 bits per heavy atom. The fourth-order valence-corrected chi connectivity index (χ4v) is 5.38. The Hall–Kier alpha value is -4.94. The first kappa shape index (κ1) is 27.9. The van der Waals surface area contributed by atoms with Gasteiger partial charge in [0.05, 0.1) is 22.8 Å². The highest BCUT2D eigenvalue weighted by Crippen LogP contribution is 2.33. The van der Waals surface area contributed by atoms with Gasteiger partial charge < -0.3 is 24.7 Å². The van der Waals surface area contributed by atoms with Gasteiger partial charge in [-0.2, -0.15) is 5.10 Å². The molecule has 6 aromatic rings. The van der Waals surface area contributed by atoms with Gasteiger partial charge in [-0.3, -0.25) is 15.1 Å². The van der Waals surface area contributed by atoms with Crippen molar-refractivity contribution in [2.24, 2.45) is 0 Å². The van der Waals surface area contributed by atoms with E-state index < -0.39 is 5.82 Å². The van der Waals surface area contributed by atoms with Crippen LogP contribution in [0, 0.1) is 5.82 Å². The predicted molar refractivity (Wildman–Crippen MR) is 166 cm³/mol. The van der Waals surface area contributed by atoms with Crippen molar-refractivity contribution >= 4 is 22.1 Å². The first-order valence-corrected chi connectivity index (χ1v) is 14.6. The van der Waals surface area contributed by atoms with Crippen LogP contribution in [0.15, 0.2) is 61.2 Å². The number of aromatic nitrogens is 7. The van der Waals surface area contributed by atoms with E-state index in [1.165, 1.54) is 12.1 Å². The summed E-state index contributed by atoms with van der Waals surface area (Å²) in [7, 11) is 3.92. The number of likely N-dealkylation sites (N-methyl/N-ethyl adjacent to an activating group) is 1. The van der Waals surface area contributed by atoms with E-state index in [4.69, 9.17) is 14.5 Å². The molecule has 0 bridgehead atoms. The van der Waals surface area contributed by atoms with Gasteiger partial charge in [-0.25, -0.2) is 14.4 Å². The molecule has 5 aromatic heterocycles. The first-order chi connectivity index (χ1) is 21.5. The molecule has 0 saturated carbocycles. The van der Waals surface area contributed by atoms with Crippen molar-refractivity contribution in [3.05, 3.63) is 67.0 Å². The Kier molecular flexibility index (Phi) is 7.59. The molecule has 6 heterocycles. The Morgan fingerprint density at radius 2 is 1.77 bits per heavy atom. The summed E-state index contributed by atoms with van der Waals surface area (Å²) in [5.74, 6) is 1.31. The molecule has 0 atom stereocenters. The maximum Gasteiger partial charge on any atom is 0.159 e. The Balaban J connectivity index is 1.21. The summed E-state index contributed by atoms with van der Waals surface area (Å²) < 4.78 is 26.7. The zero-order chi connectivity index (χ0) is 30.0. The fraction of sp³-hybridized carbons (Fsp3) is 0.281. The summed E-state index contributed by atoms with van der Waals surface area (Å²) in [4.78, 5) is 23.8. The van der Waals surface area contributed by atoms with Crippen molar-refractivity contribution in [2.75, 3.05) is 40.3 Å². The lowest BCUT2D eigenvalue weighted by atomic mass is 10.1. The number of hydrogen-bond donors (Lipinski definition) is 3. The third-order valence-electron chi connectivity index (χ3n) is 7.63. The van der Waals surface area contributed by atoms with Gasteiger partial charge in [-0.15, -0.1) is 0 Å². The summed E-state index contributed by atoms with van der Waals surface area (Å²) in [6, 6.07) is 10.4. The number of halogens is 1. The zero-order valence-corrected chi connectivity index (χ0v) is 24.5. The Bertz CT molecular complexity index is 1930. The summed E-state index contributed by atoms with van der Waals surface area (Å²) in [6.45, 7) is 3.06. The molecule has 1 aliphatic rings. The van der Waals surface area contributed by atoms with Gasteiger partial charge in [0.25, 0.3) is 0 Å². The van der Waals surface area contributed by atoms with Crippen molar-refractivity contribution in [1.29, 1.82) is 0 Å². The van der Waals surface area contributed by atoms with Crippen LogP contribution in [-0.4, -0.2) is 86.5 Å². The number of aromatic amines is 2. The first-order valence-electron chi connectivity index (χ1n) is 14.6. The standard InChI is InChI=1S/C32H32FN9O2/c1-42(2)9-10-43-24-12-19(11-22(33)15-24)28-30-27(5-8-36-28)38-32(39-30)29-26-14-21(17-37-31(26)41-40-29)20-13-25(18-35-16-20)44-23-3-6-34-7-4-23/h5,8,11-18,23,34H,3-4,6-7,9-10H2,1-2H3,(H,38,39)(H,37,40,41). The molecule has 3 N–H and O–H groups in total. The van der Waals surface area contributed by atoms with Crippen LogP contribution in [0.2, 0.25) is 0 Å². The maximum absolute atomic E-state index is 14.6. The molecule has 0 spiro atoms. The second kappa shape index (κ2) is 12.0. The van der Waals surface area contributed by atoms with Crippen LogP contribution >= 0.6 is 0 Å². The van der Waals surface area contributed by atoms with Gasteiger partial charge in [0, 0.05) is 47.9 Å². The minimum Gasteiger partial charge on any atom is -0.492 e. The van der Waals surface area contributed by atoms with Gasteiger partial charge in [0.2, 0.25) is 0 Å². The van der Waals surface area contributed by atoms with Crippen molar-refractivity contribution in [3.8, 4) is 45.4 Å². The number of benzene rings is 1. The Morgan fingerprint density at radius 1 is 0.932 bits per heavy atom. The largest absolute Gasteiger partial charge is 0.492 e. The average molecular weight is 594 g/mol. The fourth-order valence-electron chi connectivity index (χ4n) is 5.38. The molecule has 1 aromatic carbocycles. The SMILES string of the molecule is CN(C)CCOc1cc(F)cc(-c2nccc3[nH]c(-c4n[nH]c5ncc(-c6cncc(OC7CCNCC7)c6)cc45)nc23)c1. The molecule has 224 valence electrons. The van der Waals surface area contributed by atoms with E-state index in [0.29, 0.717) is 52.8 Å². The van der Waals surface area contributed by atoms with E-state index >= 15 is 0 Å². The van der Waals surface area contributed by atoms with Crippen LogP contribution in [0.3, 0.4) is 0 Å². The number of hydrogen-bond acceptors (Lipinski definition) is 9. The van der Waals surface area contributed by atoms with Crippen LogP contribution in [0.4, 0.5) is 4.39 Å². The lowest BCUT2D eigenvalue weighted by Gasteiger charge is -2.23. The number of imidazole rings is 1. The number of fused-ring (bicyclic) bond motifs is 2. The van der Waals surface area contributed by atoms with Crippen LogP contribution in [0.1, 0.15) is 12.8 Å². The number of nitrogens with zero attached hydrogens (tertiary/aromatic N) is 6. The number of pyridine rings is 3. The molecule has 1 saturated heterocycles. The van der Waals surface area contributed by atoms with Crippen molar-refractivity contribution in [3.63, 3.8) is 0 Å². The van der Waals surface area contributed by atoms with Crippen LogP contribution in [0.5, 0.6) is 11.5 Å².